The van der Waals surface area contributed by atoms with E-state index >= 15 is 0 Å². The van der Waals surface area contributed by atoms with E-state index in [0.717, 1.165) is 32.2 Å². The summed E-state index contributed by atoms with van der Waals surface area (Å²) in [7, 11) is 3.77. The smallest absolute Gasteiger partial charge is 0.329 e. The third-order valence-corrected chi connectivity index (χ3v) is 11.1. The van der Waals surface area contributed by atoms with Crippen LogP contribution in [0.3, 0.4) is 0 Å². The molecule has 6 atom stereocenters. The topological polar surface area (TPSA) is 129 Å². The first-order valence-corrected chi connectivity index (χ1v) is 19.4. The van der Waals surface area contributed by atoms with Crippen molar-refractivity contribution in [2.45, 2.75) is 129 Å². The van der Waals surface area contributed by atoms with Gasteiger partial charge in [-0.1, -0.05) is 71.4 Å². The highest BCUT2D eigenvalue weighted by molar-refractivity contribution is 5.91. The van der Waals surface area contributed by atoms with Gasteiger partial charge in [0.25, 0.3) is 0 Å². The van der Waals surface area contributed by atoms with Crippen molar-refractivity contribution in [3.05, 3.63) is 35.9 Å². The highest BCUT2D eigenvalue weighted by Gasteiger charge is 2.44. The van der Waals surface area contributed by atoms with Crippen LogP contribution >= 0.6 is 0 Å². The molecule has 1 aromatic rings. The van der Waals surface area contributed by atoms with Crippen LogP contribution in [0.5, 0.6) is 0 Å². The first-order valence-electron chi connectivity index (χ1n) is 19.4. The van der Waals surface area contributed by atoms with Gasteiger partial charge in [0.15, 0.2) is 0 Å². The molecule has 3 aliphatic heterocycles. The van der Waals surface area contributed by atoms with Gasteiger partial charge in [-0.05, 0) is 82.5 Å². The van der Waals surface area contributed by atoms with Crippen molar-refractivity contribution in [1.82, 2.24) is 24.9 Å². The Kier molecular flexibility index (Phi) is 14.7. The molecule has 3 saturated heterocycles. The first kappa shape index (κ1) is 41.2. The third kappa shape index (κ3) is 10.3. The fraction of sp³-hybridized carbons (Fsp3) is 0.725. The minimum absolute atomic E-state index is 0.0786. The van der Waals surface area contributed by atoms with Crippen LogP contribution in [0, 0.1) is 11.3 Å². The maximum Gasteiger partial charge on any atom is 0.329 e. The highest BCUT2D eigenvalue weighted by Crippen LogP contribution is 2.30. The number of nitrogens with one attached hydrogen (secondary N) is 1. The zero-order valence-electron chi connectivity index (χ0n) is 32.8. The van der Waals surface area contributed by atoms with Gasteiger partial charge in [0.2, 0.25) is 17.7 Å². The van der Waals surface area contributed by atoms with Crippen LogP contribution in [0.4, 0.5) is 0 Å². The highest BCUT2D eigenvalue weighted by atomic mass is 16.6. The Morgan fingerprint density at radius 2 is 1.56 bits per heavy atom. The molecule has 3 heterocycles. The lowest BCUT2D eigenvalue weighted by atomic mass is 9.84. The van der Waals surface area contributed by atoms with Crippen molar-refractivity contribution < 1.29 is 33.4 Å². The molecule has 3 amide bonds. The van der Waals surface area contributed by atoms with Gasteiger partial charge in [-0.3, -0.25) is 29.0 Å². The number of likely N-dealkylation sites (tertiary alicyclic amines) is 3. The second-order valence-electron chi connectivity index (χ2n) is 16.2. The summed E-state index contributed by atoms with van der Waals surface area (Å²) in [5.74, 6) is -1.25. The SMILES string of the molecule is CCOC(=O)CC(OC(=O)[C@@H]1CCCN1C(=O)[C@@H]1CCCN1C[C@H](C(C)C)N(C)C(=O)[C@@H](NC(=O)C1CCCCN1C)C(C)(C)C)c1ccccc1. The maximum atomic E-state index is 14.3. The fourth-order valence-electron chi connectivity index (χ4n) is 7.96. The number of likely N-dealkylation sites (N-methyl/N-ethyl adjacent to an activating group) is 2. The number of benzene rings is 1. The molecule has 0 spiro atoms. The van der Waals surface area contributed by atoms with Gasteiger partial charge in [-0.25, -0.2) is 4.79 Å². The summed E-state index contributed by atoms with van der Waals surface area (Å²) in [5.41, 5.74) is 0.173. The summed E-state index contributed by atoms with van der Waals surface area (Å²) in [6, 6.07) is 6.78. The Hall–Kier alpha value is -3.51. The Morgan fingerprint density at radius 1 is 0.904 bits per heavy atom. The van der Waals surface area contributed by atoms with Gasteiger partial charge >= 0.3 is 11.9 Å². The van der Waals surface area contributed by atoms with Crippen LogP contribution in [0.2, 0.25) is 0 Å². The van der Waals surface area contributed by atoms with E-state index in [4.69, 9.17) is 9.47 Å². The molecule has 1 N–H and O–H groups in total. The van der Waals surface area contributed by atoms with Crippen molar-refractivity contribution in [3.8, 4) is 0 Å². The fourth-order valence-corrected chi connectivity index (χ4v) is 7.96. The van der Waals surface area contributed by atoms with Crippen LogP contribution < -0.4 is 5.32 Å². The van der Waals surface area contributed by atoms with Gasteiger partial charge in [0, 0.05) is 26.2 Å². The van der Waals surface area contributed by atoms with E-state index in [1.807, 2.05) is 65.2 Å². The lowest BCUT2D eigenvalue weighted by Gasteiger charge is -2.41. The summed E-state index contributed by atoms with van der Waals surface area (Å²) >= 11 is 0. The number of nitrogens with zero attached hydrogens (tertiary/aromatic N) is 4. The van der Waals surface area contributed by atoms with Crippen molar-refractivity contribution in [3.63, 3.8) is 0 Å². The molecule has 290 valence electrons. The average molecular weight is 726 g/mol. The normalized spacial score (nSPS) is 23.2. The average Bonchev–Trinajstić information content (AvgIpc) is 3.79. The number of amides is 3. The van der Waals surface area contributed by atoms with Gasteiger partial charge in [0.1, 0.15) is 18.2 Å². The van der Waals surface area contributed by atoms with Gasteiger partial charge < -0.3 is 24.6 Å². The quantitative estimate of drug-likeness (QED) is 0.281. The second kappa shape index (κ2) is 18.5. The summed E-state index contributed by atoms with van der Waals surface area (Å²) in [6.45, 7) is 14.5. The van der Waals surface area contributed by atoms with Crippen molar-refractivity contribution in [1.29, 1.82) is 0 Å². The standard InChI is InChI=1S/C40H63N5O7/c1-9-51-34(46)25-33(28-17-11-10-12-18-28)52-39(50)31-21-16-24-45(31)37(48)30-20-15-23-44(30)26-32(27(2)3)43(8)38(49)35(40(4,5)6)41-36(47)29-19-13-14-22-42(29)7/h10-12,17-18,27,29-33,35H,9,13-16,19-26H2,1-8H3,(H,41,47)/t29?,30-,31-,32+,33?,35+/m0/s1. The molecule has 0 aromatic heterocycles. The number of hydrogen-bond acceptors (Lipinski definition) is 9. The van der Waals surface area contributed by atoms with E-state index in [2.05, 4.69) is 29.0 Å². The molecule has 0 saturated carbocycles. The number of carbonyl (C=O) groups excluding carboxylic acids is 5. The van der Waals surface area contributed by atoms with E-state index in [9.17, 15) is 24.0 Å². The minimum atomic E-state index is -0.821. The van der Waals surface area contributed by atoms with Gasteiger partial charge in [-0.2, -0.15) is 0 Å². The minimum Gasteiger partial charge on any atom is -0.466 e. The molecule has 4 rings (SSSR count). The Labute approximate surface area is 310 Å². The van der Waals surface area contributed by atoms with Crippen LogP contribution in [0.1, 0.15) is 105 Å². The molecule has 0 bridgehead atoms. The number of esters is 2. The predicted molar refractivity (Wildman–Crippen MR) is 199 cm³/mol. The molecular formula is C40H63N5O7. The summed E-state index contributed by atoms with van der Waals surface area (Å²) < 4.78 is 11.1. The van der Waals surface area contributed by atoms with E-state index in [1.54, 1.807) is 16.7 Å². The van der Waals surface area contributed by atoms with E-state index in [0.29, 0.717) is 44.5 Å². The maximum absolute atomic E-state index is 14.3. The van der Waals surface area contributed by atoms with E-state index in [1.165, 1.54) is 0 Å². The Morgan fingerprint density at radius 3 is 2.19 bits per heavy atom. The predicted octanol–water partition coefficient (Wildman–Crippen LogP) is 4.18. The monoisotopic (exact) mass is 725 g/mol. The summed E-state index contributed by atoms with van der Waals surface area (Å²) in [6.07, 6.45) is 4.55. The Bertz CT molecular complexity index is 1380. The van der Waals surface area contributed by atoms with Crippen molar-refractivity contribution in [2.75, 3.05) is 46.9 Å². The molecule has 3 aliphatic rings. The number of hydrogen-bond donors (Lipinski definition) is 1. The van der Waals surface area contributed by atoms with Crippen molar-refractivity contribution in [2.24, 2.45) is 11.3 Å². The van der Waals surface area contributed by atoms with Gasteiger partial charge in [-0.15, -0.1) is 0 Å². The molecule has 0 aliphatic carbocycles. The molecule has 52 heavy (non-hydrogen) atoms. The van der Waals surface area contributed by atoms with E-state index < -0.39 is 41.6 Å². The molecule has 2 unspecified atom stereocenters. The van der Waals surface area contributed by atoms with E-state index in [-0.39, 0.29) is 48.8 Å². The van der Waals surface area contributed by atoms with Crippen molar-refractivity contribution >= 4 is 29.7 Å². The van der Waals surface area contributed by atoms with Crippen LogP contribution in [-0.4, -0.2) is 126 Å². The first-order chi connectivity index (χ1) is 24.6. The second-order valence-corrected chi connectivity index (χ2v) is 16.2. The lowest BCUT2D eigenvalue weighted by Crippen LogP contribution is -2.61. The summed E-state index contributed by atoms with van der Waals surface area (Å²) in [4.78, 5) is 75.8. The zero-order valence-corrected chi connectivity index (χ0v) is 32.8. The number of carbonyl (C=O) groups is 5. The molecule has 3 fully saturated rings. The van der Waals surface area contributed by atoms with Gasteiger partial charge in [0.05, 0.1) is 25.1 Å². The van der Waals surface area contributed by atoms with Crippen LogP contribution in [-0.2, 0) is 33.4 Å². The molecule has 1 aromatic carbocycles. The number of ether oxygens (including phenoxy) is 2. The molecule has 12 nitrogen and oxygen atoms in total. The molecular weight excluding hydrogens is 662 g/mol. The van der Waals surface area contributed by atoms with Crippen LogP contribution in [0.15, 0.2) is 30.3 Å². The molecule has 12 heteroatoms. The Balaban J connectivity index is 1.45. The lowest BCUT2D eigenvalue weighted by molar-refractivity contribution is -0.162. The zero-order chi connectivity index (χ0) is 38.2. The summed E-state index contributed by atoms with van der Waals surface area (Å²) in [5, 5.41) is 3.13. The third-order valence-electron chi connectivity index (χ3n) is 11.1. The number of piperidine rings is 1. The molecule has 0 radical (unpaired) electrons. The largest absolute Gasteiger partial charge is 0.466 e. The number of rotatable bonds is 14. The van der Waals surface area contributed by atoms with Crippen LogP contribution in [0.25, 0.3) is 0 Å².